The summed E-state index contributed by atoms with van der Waals surface area (Å²) in [5.41, 5.74) is 1.54. The summed E-state index contributed by atoms with van der Waals surface area (Å²) in [6, 6.07) is 11.0. The van der Waals surface area contributed by atoms with E-state index in [1.807, 2.05) is 44.2 Å². The second kappa shape index (κ2) is 8.50. The minimum atomic E-state index is -4.42. The predicted octanol–water partition coefficient (Wildman–Crippen LogP) is 4.76. The molecule has 1 aliphatic rings. The molecule has 2 unspecified atom stereocenters. The summed E-state index contributed by atoms with van der Waals surface area (Å²) in [5.74, 6) is 0.204. The number of ether oxygens (including phenoxy) is 1. The monoisotopic (exact) mass is 392 g/mol. The number of nitrogens with zero attached hydrogens (tertiary/aromatic N) is 4. The zero-order valence-electron chi connectivity index (χ0n) is 15.8. The van der Waals surface area contributed by atoms with Crippen LogP contribution >= 0.6 is 0 Å². The molecule has 150 valence electrons. The van der Waals surface area contributed by atoms with Gasteiger partial charge >= 0.3 is 6.18 Å². The van der Waals surface area contributed by atoms with Crippen LogP contribution in [-0.4, -0.2) is 33.6 Å². The molecule has 1 aliphatic heterocycles. The molecule has 0 radical (unpaired) electrons. The van der Waals surface area contributed by atoms with Crippen LogP contribution in [-0.2, 0) is 11.3 Å². The van der Waals surface area contributed by atoms with Gasteiger partial charge in [-0.1, -0.05) is 44.2 Å². The van der Waals surface area contributed by atoms with Gasteiger partial charge in [0.2, 0.25) is 6.29 Å². The maximum absolute atomic E-state index is 13.4. The molecule has 8 heteroatoms. The largest absolute Gasteiger partial charge is 0.474 e. The highest BCUT2D eigenvalue weighted by Gasteiger charge is 2.39. The molecule has 0 N–H and O–H groups in total. The highest BCUT2D eigenvalue weighted by atomic mass is 19.4. The lowest BCUT2D eigenvalue weighted by atomic mass is 9.98. The lowest BCUT2D eigenvalue weighted by molar-refractivity contribution is -0.158. The molecule has 0 bridgehead atoms. The molecule has 0 fully saturated rings. The van der Waals surface area contributed by atoms with Gasteiger partial charge in [-0.25, -0.2) is 9.67 Å². The maximum atomic E-state index is 13.4. The van der Waals surface area contributed by atoms with Crippen LogP contribution in [0.5, 0.6) is 0 Å². The van der Waals surface area contributed by atoms with Crippen LogP contribution in [0.4, 0.5) is 13.2 Å². The van der Waals surface area contributed by atoms with Crippen molar-refractivity contribution < 1.29 is 17.9 Å². The van der Waals surface area contributed by atoms with Crippen LogP contribution in [0.25, 0.3) is 0 Å². The second-order valence-electron chi connectivity index (χ2n) is 6.70. The molecule has 0 amide bonds. The predicted molar refractivity (Wildman–Crippen MR) is 100 cm³/mol. The summed E-state index contributed by atoms with van der Waals surface area (Å²) in [5, 5.41) is 4.08. The average molecular weight is 392 g/mol. The van der Waals surface area contributed by atoms with E-state index in [-0.39, 0.29) is 18.4 Å². The molecule has 2 aromatic rings. The van der Waals surface area contributed by atoms with E-state index in [9.17, 15) is 13.2 Å². The molecule has 5 nitrogen and oxygen atoms in total. The van der Waals surface area contributed by atoms with E-state index in [0.29, 0.717) is 5.57 Å². The van der Waals surface area contributed by atoms with Gasteiger partial charge in [0.15, 0.2) is 5.88 Å². The summed E-state index contributed by atoms with van der Waals surface area (Å²) >= 11 is 0. The SMILES string of the molecule is CCC(C)C1=C(OCc2ccccc2)N(CC(F)(F)F)C(n2cccn2)N=C1. The molecule has 1 aromatic carbocycles. The van der Waals surface area contributed by atoms with Crippen LogP contribution in [0.3, 0.4) is 0 Å². The van der Waals surface area contributed by atoms with Gasteiger partial charge in [0.1, 0.15) is 13.2 Å². The highest BCUT2D eigenvalue weighted by Crippen LogP contribution is 2.34. The fourth-order valence-corrected chi connectivity index (χ4v) is 2.98. The molecule has 1 aromatic heterocycles. The summed E-state index contributed by atoms with van der Waals surface area (Å²) in [6.45, 7) is 2.92. The number of halogens is 3. The molecule has 0 saturated carbocycles. The van der Waals surface area contributed by atoms with Gasteiger partial charge in [-0.05, 0) is 24.0 Å². The number of rotatable bonds is 7. The Bertz CT molecular complexity index is 816. The lowest BCUT2D eigenvalue weighted by Gasteiger charge is -2.37. The van der Waals surface area contributed by atoms with E-state index in [0.717, 1.165) is 16.9 Å². The number of hydrogen-bond donors (Lipinski definition) is 0. The quantitative estimate of drug-likeness (QED) is 0.682. The third-order valence-corrected chi connectivity index (χ3v) is 4.61. The molecule has 0 saturated heterocycles. The minimum Gasteiger partial charge on any atom is -0.474 e. The Morgan fingerprint density at radius 2 is 1.93 bits per heavy atom. The Kier molecular flexibility index (Phi) is 6.06. The van der Waals surface area contributed by atoms with Gasteiger partial charge < -0.3 is 4.74 Å². The molecule has 3 rings (SSSR count). The zero-order chi connectivity index (χ0) is 20.1. The van der Waals surface area contributed by atoms with E-state index < -0.39 is 19.0 Å². The first-order valence-electron chi connectivity index (χ1n) is 9.15. The van der Waals surface area contributed by atoms with Crippen molar-refractivity contribution in [1.29, 1.82) is 0 Å². The maximum Gasteiger partial charge on any atom is 0.406 e. The number of allylic oxidation sites excluding steroid dienone is 1. The smallest absolute Gasteiger partial charge is 0.406 e. The minimum absolute atomic E-state index is 0.00354. The normalized spacial score (nSPS) is 18.5. The van der Waals surface area contributed by atoms with Crippen molar-refractivity contribution in [3.8, 4) is 0 Å². The molecule has 0 spiro atoms. The Labute approximate surface area is 162 Å². The molecule has 2 atom stereocenters. The van der Waals surface area contributed by atoms with E-state index in [1.54, 1.807) is 18.5 Å². The van der Waals surface area contributed by atoms with Gasteiger partial charge in [0, 0.05) is 24.2 Å². The molecule has 2 heterocycles. The third kappa shape index (κ3) is 4.74. The fraction of sp³-hybridized carbons (Fsp3) is 0.400. The first-order valence-corrected chi connectivity index (χ1v) is 9.15. The highest BCUT2D eigenvalue weighted by molar-refractivity contribution is 5.80. The van der Waals surface area contributed by atoms with Crippen LogP contribution in [0.1, 0.15) is 32.1 Å². The van der Waals surface area contributed by atoms with E-state index >= 15 is 0 Å². The van der Waals surface area contributed by atoms with Crippen LogP contribution in [0.15, 0.2) is 65.2 Å². The summed E-state index contributed by atoms with van der Waals surface area (Å²) in [6.07, 6.45) is 0.114. The first-order chi connectivity index (χ1) is 13.4. The number of alkyl halides is 3. The second-order valence-corrected chi connectivity index (χ2v) is 6.70. The van der Waals surface area contributed by atoms with Crippen LogP contribution < -0.4 is 0 Å². The molecule has 28 heavy (non-hydrogen) atoms. The molecular formula is C20H23F3N4O. The van der Waals surface area contributed by atoms with E-state index in [2.05, 4.69) is 10.1 Å². The van der Waals surface area contributed by atoms with Crippen molar-refractivity contribution in [2.45, 2.75) is 39.3 Å². The number of hydrogen-bond acceptors (Lipinski definition) is 4. The molecule has 0 aliphatic carbocycles. The van der Waals surface area contributed by atoms with Gasteiger partial charge in [-0.2, -0.15) is 18.3 Å². The first kappa shape index (κ1) is 20.0. The summed E-state index contributed by atoms with van der Waals surface area (Å²) < 4.78 is 47.6. The Balaban J connectivity index is 1.98. The fourth-order valence-electron chi connectivity index (χ4n) is 2.98. The van der Waals surface area contributed by atoms with E-state index in [1.165, 1.54) is 10.9 Å². The standard InChI is InChI=1S/C20H23F3N4O/c1-3-15(2)17-12-24-19(27-11-7-10-25-27)26(14-20(21,22)23)18(17)28-13-16-8-5-4-6-9-16/h4-12,15,19H,3,13-14H2,1-2H3. The van der Waals surface area contributed by atoms with E-state index in [4.69, 9.17) is 4.74 Å². The van der Waals surface area contributed by atoms with Crippen molar-refractivity contribution >= 4 is 6.21 Å². The Morgan fingerprint density at radius 3 is 2.54 bits per heavy atom. The summed E-state index contributed by atoms with van der Waals surface area (Å²) in [4.78, 5) is 5.49. The van der Waals surface area contributed by atoms with Crippen molar-refractivity contribution in [1.82, 2.24) is 14.7 Å². The van der Waals surface area contributed by atoms with Crippen LogP contribution in [0, 0.1) is 5.92 Å². The van der Waals surface area contributed by atoms with Gasteiger partial charge in [0.25, 0.3) is 0 Å². The van der Waals surface area contributed by atoms with Crippen molar-refractivity contribution in [2.75, 3.05) is 6.54 Å². The number of aliphatic imine (C=N–C) groups is 1. The summed E-state index contributed by atoms with van der Waals surface area (Å²) in [7, 11) is 0. The van der Waals surface area contributed by atoms with Crippen molar-refractivity contribution in [3.63, 3.8) is 0 Å². The molecular weight excluding hydrogens is 369 g/mol. The topological polar surface area (TPSA) is 42.6 Å². The number of benzene rings is 1. The van der Waals surface area contributed by atoms with Crippen molar-refractivity contribution in [3.05, 3.63) is 65.8 Å². The third-order valence-electron chi connectivity index (χ3n) is 4.61. The Morgan fingerprint density at radius 1 is 1.18 bits per heavy atom. The zero-order valence-corrected chi connectivity index (χ0v) is 15.8. The van der Waals surface area contributed by atoms with Crippen molar-refractivity contribution in [2.24, 2.45) is 10.9 Å². The van der Waals surface area contributed by atoms with Gasteiger partial charge in [-0.15, -0.1) is 0 Å². The van der Waals surface area contributed by atoms with Gasteiger partial charge in [-0.3, -0.25) is 4.90 Å². The van der Waals surface area contributed by atoms with Crippen LogP contribution in [0.2, 0.25) is 0 Å². The Hall–Kier alpha value is -2.77. The average Bonchev–Trinajstić information content (AvgIpc) is 3.20. The van der Waals surface area contributed by atoms with Gasteiger partial charge in [0.05, 0.1) is 0 Å². The lowest BCUT2D eigenvalue weighted by Crippen LogP contribution is -2.42. The number of aromatic nitrogens is 2.